The van der Waals surface area contributed by atoms with Gasteiger partial charge >= 0.3 is 5.97 Å². The summed E-state index contributed by atoms with van der Waals surface area (Å²) in [5.74, 6) is 2.88. The van der Waals surface area contributed by atoms with E-state index in [-0.39, 0.29) is 17.5 Å². The molecule has 198 valence electrons. The van der Waals surface area contributed by atoms with Crippen LogP contribution in [0.5, 0.6) is 0 Å². The van der Waals surface area contributed by atoms with Crippen molar-refractivity contribution >= 4 is 5.97 Å². The van der Waals surface area contributed by atoms with E-state index in [9.17, 15) is 4.79 Å². The Kier molecular flexibility index (Phi) is 5.16. The average molecular weight is 485 g/mol. The van der Waals surface area contributed by atoms with Crippen molar-refractivity contribution in [2.75, 3.05) is 6.61 Å². The first-order valence-corrected chi connectivity index (χ1v) is 15.0. The zero-order valence-corrected chi connectivity index (χ0v) is 24.0. The van der Waals surface area contributed by atoms with Crippen molar-refractivity contribution in [3.05, 3.63) is 0 Å². The highest BCUT2D eigenvalue weighted by atomic mass is 16.5. The first-order valence-electron chi connectivity index (χ1n) is 15.0. The van der Waals surface area contributed by atoms with E-state index < -0.39 is 0 Å². The molecule has 0 amide bonds. The van der Waals surface area contributed by atoms with Crippen LogP contribution >= 0.6 is 0 Å². The smallest absolute Gasteiger partial charge is 0.302 e. The molecule has 1 saturated heterocycles. The molecule has 6 rings (SSSR count). The van der Waals surface area contributed by atoms with Crippen LogP contribution in [0.2, 0.25) is 0 Å². The van der Waals surface area contributed by atoms with E-state index in [0.717, 1.165) is 30.8 Å². The molecule has 1 heterocycles. The highest BCUT2D eigenvalue weighted by molar-refractivity contribution is 5.66. The van der Waals surface area contributed by atoms with Gasteiger partial charge in [0.2, 0.25) is 0 Å². The number of hydrogen-bond donors (Lipinski definition) is 0. The number of ether oxygens (including phenoxy) is 2. The van der Waals surface area contributed by atoms with Crippen LogP contribution in [0.3, 0.4) is 0 Å². The van der Waals surface area contributed by atoms with Crippen LogP contribution in [-0.2, 0) is 14.3 Å². The van der Waals surface area contributed by atoms with Crippen LogP contribution in [0.15, 0.2) is 0 Å². The lowest BCUT2D eigenvalue weighted by molar-refractivity contribution is -0.254. The molecule has 0 unspecified atom stereocenters. The van der Waals surface area contributed by atoms with Gasteiger partial charge in [0, 0.05) is 12.3 Å². The summed E-state index contributed by atoms with van der Waals surface area (Å²) >= 11 is 0. The molecule has 0 N–H and O–H groups in total. The first kappa shape index (κ1) is 24.7. The van der Waals surface area contributed by atoms with E-state index in [1.54, 1.807) is 6.92 Å². The quantitative estimate of drug-likeness (QED) is 0.356. The van der Waals surface area contributed by atoms with Crippen molar-refractivity contribution in [1.29, 1.82) is 0 Å². The second-order valence-corrected chi connectivity index (χ2v) is 16.2. The van der Waals surface area contributed by atoms with Gasteiger partial charge in [0.1, 0.15) is 6.10 Å². The molecule has 5 aliphatic carbocycles. The Hall–Kier alpha value is -0.570. The fourth-order valence-electron chi connectivity index (χ4n) is 12.4. The van der Waals surface area contributed by atoms with Gasteiger partial charge < -0.3 is 9.47 Å². The van der Waals surface area contributed by atoms with E-state index in [1.165, 1.54) is 57.8 Å². The Labute approximate surface area is 214 Å². The van der Waals surface area contributed by atoms with Gasteiger partial charge in [0.15, 0.2) is 0 Å². The van der Waals surface area contributed by atoms with Crippen molar-refractivity contribution in [1.82, 2.24) is 0 Å². The van der Waals surface area contributed by atoms with Crippen LogP contribution in [0.4, 0.5) is 0 Å². The average Bonchev–Trinajstić information content (AvgIpc) is 3.10. The predicted octanol–water partition coefficient (Wildman–Crippen LogP) is 7.81. The molecule has 6 aliphatic rings. The Morgan fingerprint density at radius 1 is 0.771 bits per heavy atom. The first-order chi connectivity index (χ1) is 16.2. The van der Waals surface area contributed by atoms with Crippen molar-refractivity contribution in [2.24, 2.45) is 56.2 Å². The lowest BCUT2D eigenvalue weighted by Gasteiger charge is -2.73. The summed E-state index contributed by atoms with van der Waals surface area (Å²) in [6, 6.07) is 0. The summed E-state index contributed by atoms with van der Waals surface area (Å²) < 4.78 is 12.7. The third kappa shape index (κ3) is 2.97. The number of rotatable bonds is 1. The van der Waals surface area contributed by atoms with Crippen LogP contribution in [-0.4, -0.2) is 24.8 Å². The second kappa shape index (κ2) is 7.29. The van der Waals surface area contributed by atoms with E-state index in [4.69, 9.17) is 9.47 Å². The largest absolute Gasteiger partial charge is 0.462 e. The molecule has 35 heavy (non-hydrogen) atoms. The van der Waals surface area contributed by atoms with Crippen LogP contribution in [0, 0.1) is 56.2 Å². The van der Waals surface area contributed by atoms with Gasteiger partial charge in [-0.3, -0.25) is 4.79 Å². The lowest BCUT2D eigenvalue weighted by atomic mass is 9.31. The number of esters is 1. The minimum atomic E-state index is -0.108. The van der Waals surface area contributed by atoms with Crippen molar-refractivity contribution in [3.8, 4) is 0 Å². The molecular weight excluding hydrogens is 432 g/mol. The van der Waals surface area contributed by atoms with Crippen LogP contribution < -0.4 is 0 Å². The van der Waals surface area contributed by atoms with Crippen molar-refractivity contribution < 1.29 is 14.3 Å². The normalized spacial score (nSPS) is 55.7. The predicted molar refractivity (Wildman–Crippen MR) is 140 cm³/mol. The van der Waals surface area contributed by atoms with Gasteiger partial charge in [-0.25, -0.2) is 0 Å². The summed E-state index contributed by atoms with van der Waals surface area (Å²) in [6.07, 6.45) is 13.7. The summed E-state index contributed by atoms with van der Waals surface area (Å²) in [5.41, 5.74) is 2.00. The maximum atomic E-state index is 11.9. The number of carbonyl (C=O) groups excluding carboxylic acids is 1. The monoisotopic (exact) mass is 484 g/mol. The van der Waals surface area contributed by atoms with Crippen LogP contribution in [0.25, 0.3) is 0 Å². The summed E-state index contributed by atoms with van der Waals surface area (Å²) in [6.45, 7) is 20.5. The molecule has 0 spiro atoms. The fraction of sp³-hybridized carbons (Fsp3) is 0.969. The Morgan fingerprint density at radius 2 is 1.49 bits per heavy atom. The van der Waals surface area contributed by atoms with E-state index in [1.807, 2.05) is 0 Å². The van der Waals surface area contributed by atoms with E-state index in [0.29, 0.717) is 39.1 Å². The molecule has 0 radical (unpaired) electrons. The van der Waals surface area contributed by atoms with E-state index in [2.05, 4.69) is 48.5 Å². The SMILES string of the molecule is CC(=O)O[C@@H]1CC[C@@]2(C)[C@H](CC[C@]3(C)[C@H]2CC[C@@H]2[C@@H]4[C@@H]5OC[C@@]4(CCC5(C)C)CC[C@@]23C)C1(C)C. The molecule has 0 aromatic carbocycles. The van der Waals surface area contributed by atoms with Gasteiger partial charge in [0.05, 0.1) is 12.7 Å². The maximum Gasteiger partial charge on any atom is 0.302 e. The second-order valence-electron chi connectivity index (χ2n) is 16.2. The number of hydrogen-bond acceptors (Lipinski definition) is 3. The molecule has 3 heteroatoms. The molecule has 3 nitrogen and oxygen atoms in total. The molecule has 6 fully saturated rings. The Morgan fingerprint density at radius 3 is 2.20 bits per heavy atom. The summed E-state index contributed by atoms with van der Waals surface area (Å²) in [7, 11) is 0. The standard InChI is InChI=1S/C32H52O3/c1-20(33)35-24-12-13-29(6)22(28(24,4)5)11-14-31(8)23(29)10-9-21-25-26-27(2,3)15-17-32(25,19-34-26)18-16-30(21,31)7/h21-26H,9-19H2,1-8H3/t21-,22-,23+,24-,25-,26+,29+,30+,31-,32-/m1/s1. The minimum Gasteiger partial charge on any atom is -0.462 e. The summed E-state index contributed by atoms with van der Waals surface area (Å²) in [5, 5.41) is 0. The minimum absolute atomic E-state index is 0.0503. The maximum absolute atomic E-state index is 11.9. The third-order valence-corrected chi connectivity index (χ3v) is 14.4. The molecule has 0 aromatic rings. The Bertz CT molecular complexity index is 906. The molecule has 0 aromatic heterocycles. The number of carbonyl (C=O) groups is 1. The lowest BCUT2D eigenvalue weighted by Crippen LogP contribution is -2.67. The van der Waals surface area contributed by atoms with Crippen LogP contribution in [0.1, 0.15) is 120 Å². The zero-order valence-electron chi connectivity index (χ0n) is 24.0. The molecule has 5 saturated carbocycles. The Balaban J connectivity index is 1.35. The van der Waals surface area contributed by atoms with Gasteiger partial charge in [-0.05, 0) is 115 Å². The highest BCUT2D eigenvalue weighted by Crippen LogP contribution is 2.78. The van der Waals surface area contributed by atoms with Crippen molar-refractivity contribution in [2.45, 2.75) is 132 Å². The highest BCUT2D eigenvalue weighted by Gasteiger charge is 2.72. The van der Waals surface area contributed by atoms with E-state index >= 15 is 0 Å². The molecule has 1 aliphatic heterocycles. The van der Waals surface area contributed by atoms with Gasteiger partial charge in [-0.15, -0.1) is 0 Å². The topological polar surface area (TPSA) is 35.5 Å². The molecule has 10 atom stereocenters. The summed E-state index contributed by atoms with van der Waals surface area (Å²) in [4.78, 5) is 11.9. The van der Waals surface area contributed by atoms with Gasteiger partial charge in [-0.2, -0.15) is 0 Å². The van der Waals surface area contributed by atoms with Gasteiger partial charge in [0.25, 0.3) is 0 Å². The molecule has 2 bridgehead atoms. The number of fused-ring (bicyclic) bond motifs is 5. The molecular formula is C32H52O3. The van der Waals surface area contributed by atoms with Gasteiger partial charge in [-0.1, -0.05) is 48.5 Å². The fourth-order valence-corrected chi connectivity index (χ4v) is 12.4. The zero-order chi connectivity index (χ0) is 25.2. The third-order valence-electron chi connectivity index (χ3n) is 14.4. The van der Waals surface area contributed by atoms with Crippen molar-refractivity contribution in [3.63, 3.8) is 0 Å².